The van der Waals surface area contributed by atoms with E-state index in [1.165, 1.54) is 7.11 Å². The molecule has 23 heavy (non-hydrogen) atoms. The minimum atomic E-state index is -0.968. The topological polar surface area (TPSA) is 52.6 Å². The van der Waals surface area contributed by atoms with E-state index in [-0.39, 0.29) is 23.8 Å². The molecule has 120 valence electrons. The van der Waals surface area contributed by atoms with Gasteiger partial charge < -0.3 is 9.47 Å². The van der Waals surface area contributed by atoms with Gasteiger partial charge in [0, 0.05) is 5.92 Å². The summed E-state index contributed by atoms with van der Waals surface area (Å²) in [5.74, 6) is -0.788. The van der Waals surface area contributed by atoms with Crippen LogP contribution in [0.4, 0.5) is 0 Å². The summed E-state index contributed by atoms with van der Waals surface area (Å²) in [6, 6.07) is 7.95. The number of fused-ring (bicyclic) bond motifs is 2. The number of hydrogen-bond acceptors (Lipinski definition) is 4. The maximum absolute atomic E-state index is 13.0. The zero-order chi connectivity index (χ0) is 16.4. The van der Waals surface area contributed by atoms with Crippen LogP contribution in [0.15, 0.2) is 36.4 Å². The number of carbonyl (C=O) groups is 2. The van der Waals surface area contributed by atoms with E-state index in [1.807, 2.05) is 25.1 Å². The van der Waals surface area contributed by atoms with E-state index in [9.17, 15) is 9.59 Å². The maximum Gasteiger partial charge on any atom is 0.320 e. The minimum Gasteiger partial charge on any atom is -0.468 e. The maximum atomic E-state index is 13.0. The van der Waals surface area contributed by atoms with Crippen LogP contribution in [0.5, 0.6) is 0 Å². The lowest BCUT2D eigenvalue weighted by atomic mass is 9.45. The van der Waals surface area contributed by atoms with Gasteiger partial charge >= 0.3 is 11.9 Å². The standard InChI is InChI=1S/C19H20O4/c1-11-8-14-9-13-6-4-5-7-15(13)18(10-11,17(21)22-3)19(14)12(2)16(20)23-19/h4-7,12,14H,1,8-10H2,2-3H3/t12-,14-,18+,19-/m0/s1. The van der Waals surface area contributed by atoms with Crippen molar-refractivity contribution in [1.82, 2.24) is 0 Å². The monoisotopic (exact) mass is 312 g/mol. The molecule has 1 aromatic rings. The highest BCUT2D eigenvalue weighted by atomic mass is 16.6. The van der Waals surface area contributed by atoms with Crippen molar-refractivity contribution in [3.63, 3.8) is 0 Å². The molecule has 1 saturated heterocycles. The molecule has 3 aliphatic rings. The van der Waals surface area contributed by atoms with Gasteiger partial charge in [0.05, 0.1) is 13.0 Å². The van der Waals surface area contributed by atoms with Gasteiger partial charge in [-0.25, -0.2) is 0 Å². The smallest absolute Gasteiger partial charge is 0.320 e. The summed E-state index contributed by atoms with van der Waals surface area (Å²) in [6.07, 6.45) is 2.06. The molecular weight excluding hydrogens is 292 g/mol. The van der Waals surface area contributed by atoms with Crippen LogP contribution < -0.4 is 0 Å². The Morgan fingerprint density at radius 3 is 2.74 bits per heavy atom. The lowest BCUT2D eigenvalue weighted by Crippen LogP contribution is -2.77. The van der Waals surface area contributed by atoms with E-state index in [4.69, 9.17) is 9.47 Å². The van der Waals surface area contributed by atoms with Gasteiger partial charge in [-0.1, -0.05) is 36.4 Å². The van der Waals surface area contributed by atoms with Gasteiger partial charge in [-0.05, 0) is 37.3 Å². The fourth-order valence-corrected chi connectivity index (χ4v) is 5.21. The molecule has 2 fully saturated rings. The van der Waals surface area contributed by atoms with Crippen molar-refractivity contribution in [2.75, 3.05) is 7.11 Å². The predicted molar refractivity (Wildman–Crippen MR) is 83.7 cm³/mol. The third-order valence-corrected chi connectivity index (χ3v) is 6.07. The first-order chi connectivity index (χ1) is 11.0. The number of carbonyl (C=O) groups excluding carboxylic acids is 2. The highest BCUT2D eigenvalue weighted by Crippen LogP contribution is 2.64. The molecule has 0 aromatic heterocycles. The molecule has 2 bridgehead atoms. The Morgan fingerprint density at radius 2 is 2.09 bits per heavy atom. The van der Waals surface area contributed by atoms with E-state index in [2.05, 4.69) is 12.6 Å². The van der Waals surface area contributed by atoms with Crippen LogP contribution in [0.1, 0.15) is 30.9 Å². The van der Waals surface area contributed by atoms with Gasteiger partial charge in [0.25, 0.3) is 0 Å². The van der Waals surface area contributed by atoms with Gasteiger partial charge in [-0.15, -0.1) is 0 Å². The van der Waals surface area contributed by atoms with E-state index >= 15 is 0 Å². The molecule has 4 atom stereocenters. The van der Waals surface area contributed by atoms with Crippen molar-refractivity contribution < 1.29 is 19.1 Å². The Balaban J connectivity index is 2.04. The summed E-state index contributed by atoms with van der Waals surface area (Å²) < 4.78 is 11.0. The SMILES string of the molecule is C=C1C[C@H]2Cc3ccccc3[C@@](C(=O)OC)(C1)[C@@]21OC(=O)[C@@H]1C. The summed E-state index contributed by atoms with van der Waals surface area (Å²) in [5, 5.41) is 0. The van der Waals surface area contributed by atoms with E-state index < -0.39 is 11.0 Å². The van der Waals surface area contributed by atoms with Crippen molar-refractivity contribution in [2.24, 2.45) is 11.8 Å². The Bertz CT molecular complexity index is 737. The molecule has 1 spiro atoms. The number of methoxy groups -OCH3 is 1. The van der Waals surface area contributed by atoms with E-state index in [0.717, 1.165) is 29.5 Å². The molecule has 1 aliphatic heterocycles. The first kappa shape index (κ1) is 14.5. The normalized spacial score (nSPS) is 37.7. The molecule has 1 aromatic carbocycles. The number of rotatable bonds is 1. The molecule has 4 nitrogen and oxygen atoms in total. The largest absolute Gasteiger partial charge is 0.468 e. The van der Waals surface area contributed by atoms with Gasteiger partial charge in [-0.2, -0.15) is 0 Å². The molecule has 1 saturated carbocycles. The molecule has 0 N–H and O–H groups in total. The summed E-state index contributed by atoms with van der Waals surface area (Å²) in [7, 11) is 1.40. The Hall–Kier alpha value is -2.10. The van der Waals surface area contributed by atoms with Crippen LogP contribution in [-0.2, 0) is 30.9 Å². The summed E-state index contributed by atoms with van der Waals surface area (Å²) >= 11 is 0. The first-order valence-electron chi connectivity index (χ1n) is 8.03. The van der Waals surface area contributed by atoms with Crippen molar-refractivity contribution in [2.45, 2.75) is 37.2 Å². The van der Waals surface area contributed by atoms with Gasteiger partial charge in [0.1, 0.15) is 11.0 Å². The van der Waals surface area contributed by atoms with Crippen molar-refractivity contribution in [3.05, 3.63) is 47.5 Å². The van der Waals surface area contributed by atoms with Crippen LogP contribution in [0, 0.1) is 11.8 Å². The van der Waals surface area contributed by atoms with Crippen LogP contribution in [0.25, 0.3) is 0 Å². The van der Waals surface area contributed by atoms with E-state index in [0.29, 0.717) is 6.42 Å². The van der Waals surface area contributed by atoms with Gasteiger partial charge in [-0.3, -0.25) is 9.59 Å². The molecule has 1 heterocycles. The zero-order valence-corrected chi connectivity index (χ0v) is 13.4. The quantitative estimate of drug-likeness (QED) is 0.591. The molecular formula is C19H20O4. The number of allylic oxidation sites excluding steroid dienone is 1. The number of benzene rings is 1. The van der Waals surface area contributed by atoms with Crippen molar-refractivity contribution in [1.29, 1.82) is 0 Å². The molecule has 0 unspecified atom stereocenters. The first-order valence-corrected chi connectivity index (χ1v) is 8.03. The van der Waals surface area contributed by atoms with Crippen LogP contribution in [0.3, 0.4) is 0 Å². The Morgan fingerprint density at radius 1 is 1.35 bits per heavy atom. The zero-order valence-electron chi connectivity index (χ0n) is 13.4. The fraction of sp³-hybridized carbons (Fsp3) is 0.474. The fourth-order valence-electron chi connectivity index (χ4n) is 5.21. The second-order valence-corrected chi connectivity index (χ2v) is 7.02. The Kier molecular flexibility index (Phi) is 2.81. The third-order valence-electron chi connectivity index (χ3n) is 6.07. The van der Waals surface area contributed by atoms with Crippen LogP contribution in [0.2, 0.25) is 0 Å². The lowest BCUT2D eigenvalue weighted by molar-refractivity contribution is -0.255. The molecule has 0 radical (unpaired) electrons. The second-order valence-electron chi connectivity index (χ2n) is 7.02. The van der Waals surface area contributed by atoms with Crippen LogP contribution in [-0.4, -0.2) is 24.6 Å². The average Bonchev–Trinajstić information content (AvgIpc) is 2.55. The number of hydrogen-bond donors (Lipinski definition) is 0. The van der Waals surface area contributed by atoms with Gasteiger partial charge in [0.2, 0.25) is 0 Å². The number of ether oxygens (including phenoxy) is 2. The average molecular weight is 312 g/mol. The van der Waals surface area contributed by atoms with Crippen molar-refractivity contribution in [3.8, 4) is 0 Å². The van der Waals surface area contributed by atoms with Crippen LogP contribution >= 0.6 is 0 Å². The van der Waals surface area contributed by atoms with E-state index in [1.54, 1.807) is 0 Å². The summed E-state index contributed by atoms with van der Waals surface area (Å²) in [4.78, 5) is 25.0. The molecule has 0 amide bonds. The predicted octanol–water partition coefficient (Wildman–Crippen LogP) is 2.55. The van der Waals surface area contributed by atoms with Crippen molar-refractivity contribution >= 4 is 11.9 Å². The van der Waals surface area contributed by atoms with Gasteiger partial charge in [0.15, 0.2) is 0 Å². The molecule has 2 aliphatic carbocycles. The third kappa shape index (κ3) is 1.47. The Labute approximate surface area is 135 Å². The summed E-state index contributed by atoms with van der Waals surface area (Å²) in [5.41, 5.74) is 1.34. The lowest BCUT2D eigenvalue weighted by Gasteiger charge is -2.64. The number of esters is 2. The second kappa shape index (κ2) is 4.47. The highest BCUT2D eigenvalue weighted by Gasteiger charge is 2.76. The highest BCUT2D eigenvalue weighted by molar-refractivity contribution is 5.93. The minimum absolute atomic E-state index is 0.0745. The summed E-state index contributed by atoms with van der Waals surface area (Å²) in [6.45, 7) is 6.02. The molecule has 4 rings (SSSR count). The molecule has 4 heteroatoms.